The van der Waals surface area contributed by atoms with Crippen molar-refractivity contribution in [2.45, 2.75) is 6.18 Å². The number of anilines is 2. The van der Waals surface area contributed by atoms with Crippen molar-refractivity contribution >= 4 is 28.7 Å². The maximum absolute atomic E-state index is 13.4. The van der Waals surface area contributed by atoms with Gasteiger partial charge >= 0.3 is 6.18 Å². The van der Waals surface area contributed by atoms with Crippen LogP contribution in [0.3, 0.4) is 0 Å². The molecule has 2 aromatic carbocycles. The zero-order valence-corrected chi connectivity index (χ0v) is 11.7. The SMILES string of the molecule is Fc1ccc(NC(=S)Nc2ccc(C(F)(F)F)cc2)c(F)c1. The molecule has 2 N–H and O–H groups in total. The summed E-state index contributed by atoms with van der Waals surface area (Å²) in [5.74, 6) is -1.57. The molecule has 0 saturated carbocycles. The summed E-state index contributed by atoms with van der Waals surface area (Å²) < 4.78 is 63.4. The lowest BCUT2D eigenvalue weighted by Gasteiger charge is -2.12. The van der Waals surface area contributed by atoms with Crippen LogP contribution in [0, 0.1) is 11.6 Å². The van der Waals surface area contributed by atoms with Crippen LogP contribution in [0.2, 0.25) is 0 Å². The predicted molar refractivity (Wildman–Crippen MR) is 77.6 cm³/mol. The fourth-order valence-corrected chi connectivity index (χ4v) is 1.85. The quantitative estimate of drug-likeness (QED) is 0.611. The average molecular weight is 332 g/mol. The Morgan fingerprint density at radius 1 is 0.909 bits per heavy atom. The van der Waals surface area contributed by atoms with Crippen LogP contribution in [0.5, 0.6) is 0 Å². The molecule has 0 radical (unpaired) electrons. The number of benzene rings is 2. The second-order valence-electron chi connectivity index (χ2n) is 4.28. The van der Waals surface area contributed by atoms with E-state index in [0.29, 0.717) is 11.8 Å². The highest BCUT2D eigenvalue weighted by atomic mass is 32.1. The van der Waals surface area contributed by atoms with Gasteiger partial charge in [-0.3, -0.25) is 0 Å². The highest BCUT2D eigenvalue weighted by Crippen LogP contribution is 2.29. The number of hydrogen-bond donors (Lipinski definition) is 2. The summed E-state index contributed by atoms with van der Waals surface area (Å²) in [6.07, 6.45) is -4.42. The lowest BCUT2D eigenvalue weighted by molar-refractivity contribution is -0.137. The Labute approximate surface area is 128 Å². The maximum atomic E-state index is 13.4. The van der Waals surface area contributed by atoms with Gasteiger partial charge in [0, 0.05) is 11.8 Å². The molecule has 8 heteroatoms. The van der Waals surface area contributed by atoms with E-state index in [0.717, 1.165) is 24.3 Å². The molecule has 0 atom stereocenters. The van der Waals surface area contributed by atoms with Crippen molar-refractivity contribution in [1.29, 1.82) is 0 Å². The van der Waals surface area contributed by atoms with Gasteiger partial charge < -0.3 is 10.6 Å². The Kier molecular flexibility index (Phi) is 4.60. The number of rotatable bonds is 2. The Balaban J connectivity index is 2.03. The Hall–Kier alpha value is -2.22. The normalized spacial score (nSPS) is 11.1. The summed E-state index contributed by atoms with van der Waals surface area (Å²) in [7, 11) is 0. The fourth-order valence-electron chi connectivity index (χ4n) is 1.62. The van der Waals surface area contributed by atoms with Crippen molar-refractivity contribution in [2.75, 3.05) is 10.6 Å². The first kappa shape index (κ1) is 16.2. The number of nitrogens with one attached hydrogen (secondary N) is 2. The van der Waals surface area contributed by atoms with Crippen molar-refractivity contribution in [3.8, 4) is 0 Å². The van der Waals surface area contributed by atoms with Gasteiger partial charge in [-0.2, -0.15) is 13.2 Å². The van der Waals surface area contributed by atoms with Crippen molar-refractivity contribution in [1.82, 2.24) is 0 Å². The molecule has 0 aliphatic heterocycles. The highest BCUT2D eigenvalue weighted by Gasteiger charge is 2.29. The van der Waals surface area contributed by atoms with Gasteiger partial charge in [0.2, 0.25) is 0 Å². The van der Waals surface area contributed by atoms with E-state index in [9.17, 15) is 22.0 Å². The van der Waals surface area contributed by atoms with Crippen LogP contribution >= 0.6 is 12.2 Å². The molecule has 0 fully saturated rings. The van der Waals surface area contributed by atoms with E-state index in [1.807, 2.05) is 0 Å². The van der Waals surface area contributed by atoms with E-state index in [1.54, 1.807) is 0 Å². The van der Waals surface area contributed by atoms with E-state index in [-0.39, 0.29) is 10.8 Å². The molecule has 0 unspecified atom stereocenters. The van der Waals surface area contributed by atoms with Gasteiger partial charge in [-0.1, -0.05) is 0 Å². The van der Waals surface area contributed by atoms with Crippen LogP contribution in [0.1, 0.15) is 5.56 Å². The van der Waals surface area contributed by atoms with Crippen LogP contribution in [0.25, 0.3) is 0 Å². The molecule has 0 bridgehead atoms. The van der Waals surface area contributed by atoms with E-state index in [1.165, 1.54) is 12.1 Å². The lowest BCUT2D eigenvalue weighted by Crippen LogP contribution is -2.20. The molecule has 0 spiro atoms. The molecule has 0 saturated heterocycles. The monoisotopic (exact) mass is 332 g/mol. The highest BCUT2D eigenvalue weighted by molar-refractivity contribution is 7.80. The summed E-state index contributed by atoms with van der Waals surface area (Å²) in [5, 5.41) is 5.05. The van der Waals surface area contributed by atoms with E-state index in [4.69, 9.17) is 12.2 Å². The Morgan fingerprint density at radius 3 is 2.09 bits per heavy atom. The van der Waals surface area contributed by atoms with Gasteiger partial charge in [-0.05, 0) is 48.6 Å². The van der Waals surface area contributed by atoms with Crippen molar-refractivity contribution in [3.05, 3.63) is 59.7 Å². The molecule has 0 heterocycles. The van der Waals surface area contributed by atoms with Gasteiger partial charge in [0.1, 0.15) is 11.6 Å². The summed E-state index contributed by atoms with van der Waals surface area (Å²) in [5.41, 5.74) is -0.541. The van der Waals surface area contributed by atoms with E-state index < -0.39 is 23.4 Å². The average Bonchev–Trinajstić information content (AvgIpc) is 2.41. The first-order valence-corrected chi connectivity index (χ1v) is 6.37. The minimum Gasteiger partial charge on any atom is -0.332 e. The molecule has 2 rings (SSSR count). The second kappa shape index (κ2) is 6.27. The fraction of sp³-hybridized carbons (Fsp3) is 0.0714. The number of halogens is 5. The Bertz CT molecular complexity index is 683. The second-order valence-corrected chi connectivity index (χ2v) is 4.69. The minimum absolute atomic E-state index is 0.0368. The molecule has 116 valence electrons. The van der Waals surface area contributed by atoms with Crippen LogP contribution in [-0.4, -0.2) is 5.11 Å². The number of hydrogen-bond acceptors (Lipinski definition) is 1. The first-order chi connectivity index (χ1) is 10.3. The van der Waals surface area contributed by atoms with Crippen molar-refractivity contribution in [2.24, 2.45) is 0 Å². The topological polar surface area (TPSA) is 24.1 Å². The third kappa shape index (κ3) is 4.14. The summed E-state index contributed by atoms with van der Waals surface area (Å²) in [4.78, 5) is 0. The molecular weight excluding hydrogens is 323 g/mol. The molecule has 0 aliphatic carbocycles. The van der Waals surface area contributed by atoms with Crippen molar-refractivity contribution < 1.29 is 22.0 Å². The zero-order valence-electron chi connectivity index (χ0n) is 10.8. The molecule has 22 heavy (non-hydrogen) atoms. The molecular formula is C14H9F5N2S. The molecule has 0 aliphatic rings. The minimum atomic E-state index is -4.42. The number of thiocarbonyl (C=S) groups is 1. The largest absolute Gasteiger partial charge is 0.416 e. The molecule has 0 amide bonds. The van der Waals surface area contributed by atoms with Crippen molar-refractivity contribution in [3.63, 3.8) is 0 Å². The lowest BCUT2D eigenvalue weighted by atomic mass is 10.2. The van der Waals surface area contributed by atoms with Crippen LogP contribution in [0.15, 0.2) is 42.5 Å². The van der Waals surface area contributed by atoms with Crippen LogP contribution in [-0.2, 0) is 6.18 Å². The summed E-state index contributed by atoms with van der Waals surface area (Å²) >= 11 is 4.91. The van der Waals surface area contributed by atoms with Gasteiger partial charge in [0.25, 0.3) is 0 Å². The zero-order chi connectivity index (χ0) is 16.3. The third-order valence-corrected chi connectivity index (χ3v) is 2.85. The van der Waals surface area contributed by atoms with Gasteiger partial charge in [0.15, 0.2) is 5.11 Å². The summed E-state index contributed by atoms with van der Waals surface area (Å²) in [6.45, 7) is 0. The first-order valence-electron chi connectivity index (χ1n) is 5.96. The molecule has 0 aromatic heterocycles. The Morgan fingerprint density at radius 2 is 1.55 bits per heavy atom. The maximum Gasteiger partial charge on any atom is 0.416 e. The van der Waals surface area contributed by atoms with Crippen LogP contribution < -0.4 is 10.6 Å². The van der Waals surface area contributed by atoms with Gasteiger partial charge in [-0.25, -0.2) is 8.78 Å². The van der Waals surface area contributed by atoms with E-state index in [2.05, 4.69) is 10.6 Å². The molecule has 2 nitrogen and oxygen atoms in total. The number of alkyl halides is 3. The molecule has 2 aromatic rings. The van der Waals surface area contributed by atoms with Gasteiger partial charge in [0.05, 0.1) is 11.3 Å². The third-order valence-electron chi connectivity index (χ3n) is 2.65. The van der Waals surface area contributed by atoms with Gasteiger partial charge in [-0.15, -0.1) is 0 Å². The van der Waals surface area contributed by atoms with E-state index >= 15 is 0 Å². The standard InChI is InChI=1S/C14H9F5N2S/c15-9-3-6-12(11(16)7-9)21-13(22)20-10-4-1-8(2-5-10)14(17,18)19/h1-7H,(H2,20,21,22). The summed E-state index contributed by atoms with van der Waals surface area (Å²) in [6, 6.07) is 7.06. The smallest absolute Gasteiger partial charge is 0.332 e. The predicted octanol–water partition coefficient (Wildman–Crippen LogP) is 4.79. The van der Waals surface area contributed by atoms with Crippen LogP contribution in [0.4, 0.5) is 33.3 Å².